The highest BCUT2D eigenvalue weighted by molar-refractivity contribution is 6.29. The van der Waals surface area contributed by atoms with Gasteiger partial charge in [-0.25, -0.2) is 0 Å². The summed E-state index contributed by atoms with van der Waals surface area (Å²) in [6.07, 6.45) is 0. The van der Waals surface area contributed by atoms with Gasteiger partial charge >= 0.3 is 0 Å². The third-order valence-electron chi connectivity index (χ3n) is 20.2. The summed E-state index contributed by atoms with van der Waals surface area (Å²) >= 11 is 0. The van der Waals surface area contributed by atoms with E-state index in [1.165, 1.54) is 137 Å². The lowest BCUT2D eigenvalue weighted by Crippen LogP contribution is -2.16. The van der Waals surface area contributed by atoms with Gasteiger partial charge in [-0.1, -0.05) is 256 Å². The SMILES string of the molecule is CC(C)(C)c1ccc(-c2ccc(N(c3ccc4c(c3)C(C)(C)c3ccc5c(ccc6c7cc(-c8ccccc8)cc8c9ccc(N(c%10ccc(-c%11ccc(C(C)(C)C)cc%11)cc%10)c%10ccc%11ccccc%11c%10)cc9n(c56)c87)c3-4)c3ccc4ccccc4c3)cc2)cc1. The van der Waals surface area contributed by atoms with Crippen LogP contribution in [0.2, 0.25) is 0 Å². The minimum atomic E-state index is -0.289. The predicted octanol–water partition coefficient (Wildman–Crippen LogP) is 25.1. The van der Waals surface area contributed by atoms with Gasteiger partial charge in [0, 0.05) is 66.5 Å². The van der Waals surface area contributed by atoms with Crippen molar-refractivity contribution in [3.63, 3.8) is 0 Å². The van der Waals surface area contributed by atoms with Crippen molar-refractivity contribution in [3.8, 4) is 44.5 Å². The summed E-state index contributed by atoms with van der Waals surface area (Å²) in [7, 11) is 0. The molecule has 0 fully saturated rings. The number of fused-ring (bicyclic) bond motifs is 14. The van der Waals surface area contributed by atoms with Crippen LogP contribution >= 0.6 is 0 Å². The summed E-state index contributed by atoms with van der Waals surface area (Å²) < 4.78 is 2.61. The maximum absolute atomic E-state index is 2.61. The lowest BCUT2D eigenvalue weighted by molar-refractivity contribution is 0.590. The number of aromatic nitrogens is 1. The highest BCUT2D eigenvalue weighted by atomic mass is 15.1. The van der Waals surface area contributed by atoms with Crippen molar-refractivity contribution < 1.29 is 0 Å². The number of benzene rings is 14. The van der Waals surface area contributed by atoms with Crippen LogP contribution in [0.1, 0.15) is 77.6 Å². The molecule has 1 aliphatic rings. The number of hydrogen-bond acceptors (Lipinski definition) is 2. The van der Waals surface area contributed by atoms with Crippen molar-refractivity contribution in [3.05, 3.63) is 307 Å². The van der Waals surface area contributed by atoms with Gasteiger partial charge < -0.3 is 14.2 Å². The molecule has 442 valence electrons. The normalized spacial score (nSPS) is 13.1. The Kier molecular flexibility index (Phi) is 12.4. The molecule has 2 heterocycles. The minimum absolute atomic E-state index is 0.0882. The molecule has 0 atom stereocenters. The van der Waals surface area contributed by atoms with Crippen molar-refractivity contribution in [1.82, 2.24) is 4.40 Å². The molecule has 0 spiro atoms. The van der Waals surface area contributed by atoms with Crippen molar-refractivity contribution in [2.75, 3.05) is 9.80 Å². The van der Waals surface area contributed by atoms with Crippen LogP contribution in [0.15, 0.2) is 285 Å². The molecule has 0 amide bonds. The van der Waals surface area contributed by atoms with Crippen LogP contribution < -0.4 is 9.80 Å². The molecule has 3 heteroatoms. The Morgan fingerprint density at radius 3 is 1.22 bits per heavy atom. The fraction of sp³-hybridized carbons (Fsp3) is 0.124. The summed E-state index contributed by atoms with van der Waals surface area (Å²) in [5.41, 5.74) is 25.5. The average Bonchev–Trinajstić information content (AvgIpc) is 1.52. The molecule has 17 rings (SSSR count). The summed E-state index contributed by atoms with van der Waals surface area (Å²) in [5, 5.41) is 12.4. The van der Waals surface area contributed by atoms with Gasteiger partial charge in [0.05, 0.1) is 16.6 Å². The Hall–Kier alpha value is -10.7. The quantitative estimate of drug-likeness (QED) is 0.143. The largest absolute Gasteiger partial charge is 0.310 e. The maximum Gasteiger partial charge on any atom is 0.0621 e. The second-order valence-corrected chi connectivity index (χ2v) is 28.2. The van der Waals surface area contributed by atoms with Crippen molar-refractivity contribution >= 4 is 105 Å². The minimum Gasteiger partial charge on any atom is -0.310 e. The molecule has 0 radical (unpaired) electrons. The first-order chi connectivity index (χ1) is 44.6. The Morgan fingerprint density at radius 2 is 0.674 bits per heavy atom. The topological polar surface area (TPSA) is 10.9 Å². The van der Waals surface area contributed by atoms with E-state index in [-0.39, 0.29) is 16.2 Å². The monoisotopic (exact) mass is 1180 g/mol. The molecule has 92 heavy (non-hydrogen) atoms. The van der Waals surface area contributed by atoms with Gasteiger partial charge in [0.15, 0.2) is 0 Å². The van der Waals surface area contributed by atoms with E-state index >= 15 is 0 Å². The second-order valence-electron chi connectivity index (χ2n) is 28.2. The van der Waals surface area contributed by atoms with Gasteiger partial charge in [-0.15, -0.1) is 0 Å². The standard InChI is InChI=1S/C89H71N3/c1-87(2,3)66-32-22-59(23-33-66)61-26-36-68(37-27-61)90(70-40-30-57-18-12-14-20-63(57)50-70)72-43-45-78-82(54-72)89(7,8)81-49-48-76-75(84(78)81)46-47-77-80-53-65(56-16-10-9-11-17-56)52-79-74-44-42-73(55-83(74)92(85(76)77)86(79)80)91(71-41-31-58-19-13-15-21-64(58)51-71)69-38-28-62(29-39-69)60-24-34-67(35-25-60)88(4,5)6/h9-55H,1-8H3. The Labute approximate surface area is 539 Å². The fourth-order valence-electron chi connectivity index (χ4n) is 15.2. The zero-order chi connectivity index (χ0) is 62.4. The van der Waals surface area contributed by atoms with E-state index in [1.54, 1.807) is 0 Å². The molecule has 0 unspecified atom stereocenters. The third-order valence-corrected chi connectivity index (χ3v) is 20.2. The highest BCUT2D eigenvalue weighted by Crippen LogP contribution is 2.55. The van der Waals surface area contributed by atoms with E-state index in [0.717, 1.165) is 34.1 Å². The van der Waals surface area contributed by atoms with Crippen LogP contribution in [-0.4, -0.2) is 4.40 Å². The third kappa shape index (κ3) is 8.92. The first-order valence-corrected chi connectivity index (χ1v) is 32.5. The van der Waals surface area contributed by atoms with Crippen LogP contribution in [0.25, 0.3) is 115 Å². The van der Waals surface area contributed by atoms with Gasteiger partial charge in [0.25, 0.3) is 0 Å². The first-order valence-electron chi connectivity index (χ1n) is 32.5. The molecule has 0 bridgehead atoms. The Morgan fingerprint density at radius 1 is 0.283 bits per heavy atom. The van der Waals surface area contributed by atoms with Crippen LogP contribution in [0.5, 0.6) is 0 Å². The van der Waals surface area contributed by atoms with Crippen LogP contribution in [0, 0.1) is 0 Å². The molecule has 0 aliphatic heterocycles. The van der Waals surface area contributed by atoms with E-state index in [9.17, 15) is 0 Å². The van der Waals surface area contributed by atoms with Gasteiger partial charge in [-0.05, 0) is 189 Å². The molecule has 0 saturated carbocycles. The molecule has 0 N–H and O–H groups in total. The van der Waals surface area contributed by atoms with Crippen molar-refractivity contribution in [2.24, 2.45) is 0 Å². The van der Waals surface area contributed by atoms with Gasteiger partial charge in [0.2, 0.25) is 0 Å². The molecular formula is C89H71N3. The average molecular weight is 1180 g/mol. The summed E-state index contributed by atoms with van der Waals surface area (Å²) in [4.78, 5) is 4.89. The molecular weight excluding hydrogens is 1110 g/mol. The number of anilines is 6. The fourth-order valence-corrected chi connectivity index (χ4v) is 15.2. The van der Waals surface area contributed by atoms with Crippen LogP contribution in [0.3, 0.4) is 0 Å². The molecule has 1 aliphatic carbocycles. The van der Waals surface area contributed by atoms with Crippen LogP contribution in [0.4, 0.5) is 34.1 Å². The molecule has 0 saturated heterocycles. The van der Waals surface area contributed by atoms with E-state index in [4.69, 9.17) is 0 Å². The lowest BCUT2D eigenvalue weighted by atomic mass is 9.81. The summed E-state index contributed by atoms with van der Waals surface area (Å²) in [5.74, 6) is 0. The zero-order valence-corrected chi connectivity index (χ0v) is 53.5. The zero-order valence-electron chi connectivity index (χ0n) is 53.5. The molecule has 14 aromatic carbocycles. The molecule has 16 aromatic rings. The van der Waals surface area contributed by atoms with E-state index in [2.05, 4.69) is 355 Å². The van der Waals surface area contributed by atoms with Gasteiger partial charge in [-0.2, -0.15) is 0 Å². The molecule has 3 nitrogen and oxygen atoms in total. The summed E-state index contributed by atoms with van der Waals surface area (Å²) in [6.45, 7) is 18.5. The van der Waals surface area contributed by atoms with Gasteiger partial charge in [0.1, 0.15) is 0 Å². The number of rotatable bonds is 9. The van der Waals surface area contributed by atoms with E-state index < -0.39 is 0 Å². The van der Waals surface area contributed by atoms with Crippen molar-refractivity contribution in [1.29, 1.82) is 0 Å². The van der Waals surface area contributed by atoms with Gasteiger partial charge in [-0.3, -0.25) is 0 Å². The smallest absolute Gasteiger partial charge is 0.0621 e. The first kappa shape index (κ1) is 55.3. The summed E-state index contributed by atoms with van der Waals surface area (Å²) in [6, 6.07) is 108. The maximum atomic E-state index is 2.61. The van der Waals surface area contributed by atoms with Crippen LogP contribution in [-0.2, 0) is 16.2 Å². The van der Waals surface area contributed by atoms with E-state index in [0.29, 0.717) is 0 Å². The van der Waals surface area contributed by atoms with E-state index in [1.807, 2.05) is 0 Å². The number of hydrogen-bond donors (Lipinski definition) is 0. The Bertz CT molecular complexity index is 5580. The van der Waals surface area contributed by atoms with Crippen molar-refractivity contribution in [2.45, 2.75) is 71.6 Å². The second kappa shape index (κ2) is 20.6. The lowest BCUT2D eigenvalue weighted by Gasteiger charge is -2.28. The number of nitrogens with zero attached hydrogens (tertiary/aromatic N) is 3. The molecule has 2 aromatic heterocycles. The Balaban J connectivity index is 0.838. The highest BCUT2D eigenvalue weighted by Gasteiger charge is 2.38. The predicted molar refractivity (Wildman–Crippen MR) is 394 cm³/mol.